The molecule has 3 aromatic heterocycles. The largest absolute Gasteiger partial charge is 0.355 e. The number of fused-ring (bicyclic) bond motifs is 15. The van der Waals surface area contributed by atoms with Gasteiger partial charge in [0.15, 0.2) is 0 Å². The van der Waals surface area contributed by atoms with Gasteiger partial charge in [0.2, 0.25) is 0 Å². The Bertz CT molecular complexity index is 4720. The fraction of sp³-hybridized carbons (Fsp3) is 0.0270. The smallest absolute Gasteiger partial charge is 0.0469 e. The van der Waals surface area contributed by atoms with Crippen LogP contribution in [-0.2, 0) is 12.8 Å². The molecule has 0 saturated heterocycles. The lowest BCUT2D eigenvalue weighted by atomic mass is 10.0. The van der Waals surface area contributed by atoms with Crippen molar-refractivity contribution in [1.29, 1.82) is 0 Å². The van der Waals surface area contributed by atoms with Gasteiger partial charge < -0.3 is 29.7 Å². The van der Waals surface area contributed by atoms with Crippen molar-refractivity contribution in [3.8, 4) is 22.3 Å². The molecule has 376 valence electrons. The summed E-state index contributed by atoms with van der Waals surface area (Å²) in [4.78, 5) is 18.2. The van der Waals surface area contributed by atoms with Crippen LogP contribution in [0.1, 0.15) is 22.3 Å². The minimum absolute atomic E-state index is 0.949. The molecule has 6 heteroatoms. The predicted octanol–water partition coefficient (Wildman–Crippen LogP) is 20.1. The lowest BCUT2D eigenvalue weighted by Gasteiger charge is -2.30. The summed E-state index contributed by atoms with van der Waals surface area (Å²) in [5, 5.41) is 7.22. The molecule has 15 aromatic rings. The third-order valence-electron chi connectivity index (χ3n) is 17.1. The molecule has 6 nitrogen and oxygen atoms in total. The lowest BCUT2D eigenvalue weighted by Crippen LogP contribution is -2.13. The molecule has 0 saturated carbocycles. The minimum Gasteiger partial charge on any atom is -0.355 e. The van der Waals surface area contributed by atoms with Crippen LogP contribution in [0.25, 0.3) is 87.7 Å². The van der Waals surface area contributed by atoms with Crippen LogP contribution in [0.4, 0.5) is 51.2 Å². The first kappa shape index (κ1) is 44.6. The van der Waals surface area contributed by atoms with Crippen LogP contribution >= 0.6 is 0 Å². The number of hydrogen-bond donors (Lipinski definition) is 3. The standard InChI is InChI=1S/C74H50N6/c1-3-13-59-46(11-1)39-48-21-23-54(41-64(48)59)79(57-34-37-73-67(44-57)62-16-6-9-19-70(62)76-73)52-29-25-50(26-30-52)78(56-33-36-72-66(43-56)61-15-5-8-18-69(61)75-72)51-27-31-53(32-28-51)80(55-24-22-49-40-47-12-2-4-14-60(47)65(49)42-55)58-35-38-74-68(45-58)63-17-7-10-20-71(63)77-74/h1-38,41-45,75-77H,39-40H2. The van der Waals surface area contributed by atoms with Crippen LogP contribution in [0.15, 0.2) is 261 Å². The molecule has 0 radical (unpaired) electrons. The Morgan fingerprint density at radius 1 is 0.200 bits per heavy atom. The SMILES string of the molecule is c1ccc2c(c1)Cc1ccc(N(c3ccc(N(c4ccc(N(c5ccc6c(c5)-c5ccccc5C6)c5ccc6[nH]c7ccccc7c6c5)cc4)c4ccc5[nH]c6ccccc6c5c4)cc3)c3ccc4[nH]c5ccccc5c4c3)cc1-2. The molecule has 17 rings (SSSR count). The minimum atomic E-state index is 0.949. The van der Waals surface area contributed by atoms with E-state index in [-0.39, 0.29) is 0 Å². The van der Waals surface area contributed by atoms with Crippen molar-refractivity contribution in [3.05, 3.63) is 283 Å². The van der Waals surface area contributed by atoms with Crippen molar-refractivity contribution >= 4 is 117 Å². The van der Waals surface area contributed by atoms with Gasteiger partial charge in [-0.25, -0.2) is 0 Å². The number of rotatable bonds is 9. The van der Waals surface area contributed by atoms with Crippen molar-refractivity contribution < 1.29 is 0 Å². The number of H-pyrrole nitrogens is 3. The van der Waals surface area contributed by atoms with E-state index in [0.29, 0.717) is 0 Å². The fourth-order valence-corrected chi connectivity index (χ4v) is 13.3. The van der Waals surface area contributed by atoms with Gasteiger partial charge in [0.25, 0.3) is 0 Å². The van der Waals surface area contributed by atoms with Gasteiger partial charge in [-0.05, 0) is 203 Å². The second-order valence-electron chi connectivity index (χ2n) is 21.6. The van der Waals surface area contributed by atoms with E-state index in [2.05, 4.69) is 291 Å². The topological polar surface area (TPSA) is 57.1 Å². The van der Waals surface area contributed by atoms with Gasteiger partial charge in [0, 0.05) is 117 Å². The normalized spacial score (nSPS) is 12.4. The second-order valence-corrected chi connectivity index (χ2v) is 21.6. The van der Waals surface area contributed by atoms with Gasteiger partial charge in [0.05, 0.1) is 0 Å². The van der Waals surface area contributed by atoms with Crippen molar-refractivity contribution in [3.63, 3.8) is 0 Å². The molecule has 0 unspecified atom stereocenters. The molecular weight excluding hydrogens is 973 g/mol. The molecule has 0 fully saturated rings. The predicted molar refractivity (Wildman–Crippen MR) is 335 cm³/mol. The third kappa shape index (κ3) is 7.05. The van der Waals surface area contributed by atoms with E-state index in [4.69, 9.17) is 0 Å². The molecule has 12 aromatic carbocycles. The lowest BCUT2D eigenvalue weighted by molar-refractivity contribution is 1.23. The average Bonchev–Trinajstić information content (AvgIpc) is 4.44. The summed E-state index contributed by atoms with van der Waals surface area (Å²) in [5.41, 5.74) is 27.2. The summed E-state index contributed by atoms with van der Waals surface area (Å²) in [5.74, 6) is 0. The average molecular weight is 1020 g/mol. The quantitative estimate of drug-likeness (QED) is 0.135. The first-order valence-corrected chi connectivity index (χ1v) is 27.6. The summed E-state index contributed by atoms with van der Waals surface area (Å²) in [6.07, 6.45) is 1.90. The van der Waals surface area contributed by atoms with Gasteiger partial charge >= 0.3 is 0 Å². The monoisotopic (exact) mass is 1020 g/mol. The van der Waals surface area contributed by atoms with E-state index < -0.39 is 0 Å². The summed E-state index contributed by atoms with van der Waals surface area (Å²) >= 11 is 0. The van der Waals surface area contributed by atoms with E-state index in [1.54, 1.807) is 0 Å². The first-order valence-electron chi connectivity index (χ1n) is 27.6. The fourth-order valence-electron chi connectivity index (χ4n) is 13.3. The van der Waals surface area contributed by atoms with Crippen LogP contribution in [0.5, 0.6) is 0 Å². The first-order chi connectivity index (χ1) is 39.6. The van der Waals surface area contributed by atoms with Crippen molar-refractivity contribution in [2.45, 2.75) is 12.8 Å². The summed E-state index contributed by atoms with van der Waals surface area (Å²) in [7, 11) is 0. The van der Waals surface area contributed by atoms with Gasteiger partial charge in [-0.1, -0.05) is 115 Å². The molecule has 3 N–H and O–H groups in total. The van der Waals surface area contributed by atoms with E-state index >= 15 is 0 Å². The summed E-state index contributed by atoms with van der Waals surface area (Å²) in [6.45, 7) is 0. The maximum Gasteiger partial charge on any atom is 0.0469 e. The zero-order valence-electron chi connectivity index (χ0n) is 43.6. The van der Waals surface area contributed by atoms with E-state index in [9.17, 15) is 0 Å². The second kappa shape index (κ2) is 17.5. The Hall–Kier alpha value is -10.6. The molecule has 80 heavy (non-hydrogen) atoms. The number of hydrogen-bond acceptors (Lipinski definition) is 3. The number of benzene rings is 12. The number of nitrogens with zero attached hydrogens (tertiary/aromatic N) is 3. The van der Waals surface area contributed by atoms with Crippen molar-refractivity contribution in [1.82, 2.24) is 15.0 Å². The molecule has 2 aliphatic rings. The number of anilines is 9. The highest BCUT2D eigenvalue weighted by atomic mass is 15.2. The Labute approximate surface area is 462 Å². The molecule has 0 bridgehead atoms. The highest BCUT2D eigenvalue weighted by Crippen LogP contribution is 2.48. The van der Waals surface area contributed by atoms with Crippen LogP contribution in [0, 0.1) is 0 Å². The number of aromatic nitrogens is 3. The van der Waals surface area contributed by atoms with Crippen LogP contribution < -0.4 is 14.7 Å². The summed E-state index contributed by atoms with van der Waals surface area (Å²) < 4.78 is 0. The molecular formula is C74H50N6. The molecule has 0 aliphatic heterocycles. The Morgan fingerprint density at radius 2 is 0.463 bits per heavy atom. The van der Waals surface area contributed by atoms with E-state index in [1.165, 1.54) is 76.8 Å². The highest BCUT2D eigenvalue weighted by molar-refractivity contribution is 6.11. The molecule has 0 amide bonds. The Kier molecular flexibility index (Phi) is 9.74. The molecule has 0 atom stereocenters. The highest BCUT2D eigenvalue weighted by Gasteiger charge is 2.25. The number of nitrogens with one attached hydrogen (secondary N) is 3. The van der Waals surface area contributed by atoms with Crippen LogP contribution in [0.3, 0.4) is 0 Å². The Morgan fingerprint density at radius 3 is 0.838 bits per heavy atom. The van der Waals surface area contributed by atoms with Gasteiger partial charge in [-0.2, -0.15) is 0 Å². The van der Waals surface area contributed by atoms with E-state index in [0.717, 1.165) is 97.1 Å². The Balaban J connectivity index is 0.810. The summed E-state index contributed by atoms with van der Waals surface area (Å²) in [6, 6.07) is 96.3. The van der Waals surface area contributed by atoms with Crippen LogP contribution in [0.2, 0.25) is 0 Å². The number of aromatic amines is 3. The number of para-hydroxylation sites is 3. The van der Waals surface area contributed by atoms with Gasteiger partial charge in [0.1, 0.15) is 0 Å². The zero-order valence-corrected chi connectivity index (χ0v) is 43.6. The van der Waals surface area contributed by atoms with Crippen molar-refractivity contribution in [2.24, 2.45) is 0 Å². The molecule has 0 spiro atoms. The van der Waals surface area contributed by atoms with Gasteiger partial charge in [-0.15, -0.1) is 0 Å². The maximum absolute atomic E-state index is 3.67. The van der Waals surface area contributed by atoms with Crippen molar-refractivity contribution in [2.75, 3.05) is 14.7 Å². The third-order valence-corrected chi connectivity index (χ3v) is 17.1. The van der Waals surface area contributed by atoms with E-state index in [1.807, 2.05) is 0 Å². The zero-order chi connectivity index (χ0) is 52.4. The molecule has 3 heterocycles. The molecule has 2 aliphatic carbocycles. The maximum atomic E-state index is 3.67. The van der Waals surface area contributed by atoms with Crippen LogP contribution in [-0.4, -0.2) is 15.0 Å². The van der Waals surface area contributed by atoms with Gasteiger partial charge in [-0.3, -0.25) is 0 Å².